The number of aryl methyl sites for hydroxylation is 1. The number of nitrogens with two attached hydrogens (primary N) is 1. The maximum Gasteiger partial charge on any atom is 0.122 e. The highest BCUT2D eigenvalue weighted by Crippen LogP contribution is 2.42. The van der Waals surface area contributed by atoms with E-state index in [9.17, 15) is 5.11 Å². The molecule has 3 N–H and O–H groups in total. The Hall–Kier alpha value is -1.84. The second-order valence-electron chi connectivity index (χ2n) is 5.95. The highest BCUT2D eigenvalue weighted by atomic mass is 16.5. The first-order chi connectivity index (χ1) is 10.1. The Morgan fingerprint density at radius 1 is 1.19 bits per heavy atom. The van der Waals surface area contributed by atoms with Gasteiger partial charge in [0.2, 0.25) is 0 Å². The molecule has 0 saturated heterocycles. The van der Waals surface area contributed by atoms with Gasteiger partial charge in [-0.15, -0.1) is 0 Å². The molecule has 0 aliphatic carbocycles. The Kier molecular flexibility index (Phi) is 3.70. The van der Waals surface area contributed by atoms with Gasteiger partial charge < -0.3 is 15.6 Å². The monoisotopic (exact) mass is 283 g/mol. The largest absolute Gasteiger partial charge is 0.493 e. The van der Waals surface area contributed by atoms with Gasteiger partial charge in [0.1, 0.15) is 5.75 Å². The van der Waals surface area contributed by atoms with Crippen molar-refractivity contribution in [1.29, 1.82) is 0 Å². The van der Waals surface area contributed by atoms with Crippen LogP contribution >= 0.6 is 0 Å². The number of fused-ring (bicyclic) bond motifs is 1. The van der Waals surface area contributed by atoms with Crippen molar-refractivity contribution in [2.24, 2.45) is 11.1 Å². The average Bonchev–Trinajstić information content (AvgIpc) is 2.54. The molecule has 0 fully saturated rings. The minimum atomic E-state index is -0.628. The fourth-order valence-corrected chi connectivity index (χ4v) is 2.96. The Labute approximate surface area is 125 Å². The van der Waals surface area contributed by atoms with Crippen LogP contribution in [0.2, 0.25) is 0 Å². The average molecular weight is 283 g/mol. The smallest absolute Gasteiger partial charge is 0.122 e. The molecule has 3 rings (SSSR count). The van der Waals surface area contributed by atoms with E-state index in [4.69, 9.17) is 10.5 Å². The number of aliphatic hydroxyl groups excluding tert-OH is 1. The van der Waals surface area contributed by atoms with E-state index in [0.717, 1.165) is 23.3 Å². The van der Waals surface area contributed by atoms with Crippen LogP contribution < -0.4 is 10.5 Å². The van der Waals surface area contributed by atoms with Crippen LogP contribution in [0.5, 0.6) is 5.75 Å². The van der Waals surface area contributed by atoms with Gasteiger partial charge in [0.25, 0.3) is 0 Å². The summed E-state index contributed by atoms with van der Waals surface area (Å²) in [7, 11) is 0. The summed E-state index contributed by atoms with van der Waals surface area (Å²) in [4.78, 5) is 0. The third-order valence-corrected chi connectivity index (χ3v) is 4.41. The first-order valence-corrected chi connectivity index (χ1v) is 7.30. The third-order valence-electron chi connectivity index (χ3n) is 4.41. The summed E-state index contributed by atoms with van der Waals surface area (Å²) in [5, 5.41) is 10.9. The summed E-state index contributed by atoms with van der Waals surface area (Å²) < 4.78 is 5.86. The minimum absolute atomic E-state index is 0.385. The molecule has 0 amide bonds. The van der Waals surface area contributed by atoms with Crippen molar-refractivity contribution in [3.05, 3.63) is 65.2 Å². The van der Waals surface area contributed by atoms with Crippen LogP contribution in [-0.2, 0) is 6.42 Å². The topological polar surface area (TPSA) is 55.5 Å². The summed E-state index contributed by atoms with van der Waals surface area (Å²) >= 11 is 0. The number of para-hydroxylation sites is 1. The number of benzene rings is 2. The van der Waals surface area contributed by atoms with E-state index in [1.807, 2.05) is 55.5 Å². The van der Waals surface area contributed by atoms with Crippen LogP contribution in [0.15, 0.2) is 48.5 Å². The van der Waals surface area contributed by atoms with Crippen LogP contribution in [0.4, 0.5) is 0 Å². The molecule has 3 nitrogen and oxygen atoms in total. The Morgan fingerprint density at radius 3 is 2.62 bits per heavy atom. The van der Waals surface area contributed by atoms with Crippen LogP contribution in [-0.4, -0.2) is 18.3 Å². The molecule has 3 heteroatoms. The highest BCUT2D eigenvalue weighted by molar-refractivity contribution is 5.37. The molecule has 110 valence electrons. The van der Waals surface area contributed by atoms with E-state index in [0.29, 0.717) is 13.2 Å². The molecule has 1 heterocycles. The van der Waals surface area contributed by atoms with Gasteiger partial charge in [-0.25, -0.2) is 0 Å². The predicted octanol–water partition coefficient (Wildman–Crippen LogP) is 2.61. The number of hydrogen-bond acceptors (Lipinski definition) is 3. The van der Waals surface area contributed by atoms with Crippen LogP contribution in [0.1, 0.15) is 22.8 Å². The summed E-state index contributed by atoms with van der Waals surface area (Å²) in [5.74, 6) is 0.901. The van der Waals surface area contributed by atoms with Crippen molar-refractivity contribution < 1.29 is 9.84 Å². The van der Waals surface area contributed by atoms with Crippen molar-refractivity contribution in [3.63, 3.8) is 0 Å². The molecule has 21 heavy (non-hydrogen) atoms. The second-order valence-corrected chi connectivity index (χ2v) is 5.95. The zero-order valence-electron chi connectivity index (χ0n) is 12.3. The van der Waals surface area contributed by atoms with Crippen LogP contribution in [0.25, 0.3) is 0 Å². The second kappa shape index (κ2) is 5.51. The van der Waals surface area contributed by atoms with Gasteiger partial charge in [-0.2, -0.15) is 0 Å². The van der Waals surface area contributed by atoms with Gasteiger partial charge in [0, 0.05) is 6.54 Å². The van der Waals surface area contributed by atoms with E-state index in [1.54, 1.807) is 0 Å². The zero-order chi connectivity index (χ0) is 14.9. The molecule has 2 aromatic rings. The maximum atomic E-state index is 10.9. The molecule has 0 spiro atoms. The molecular formula is C18H21NO2. The number of rotatable bonds is 3. The van der Waals surface area contributed by atoms with Gasteiger partial charge in [0.15, 0.2) is 0 Å². The number of hydrogen-bond donors (Lipinski definition) is 2. The number of aliphatic hydroxyl groups is 1. The van der Waals surface area contributed by atoms with E-state index >= 15 is 0 Å². The maximum absolute atomic E-state index is 10.9. The van der Waals surface area contributed by atoms with Gasteiger partial charge in [-0.3, -0.25) is 0 Å². The number of ether oxygens (including phenoxy) is 1. The lowest BCUT2D eigenvalue weighted by Gasteiger charge is -2.40. The van der Waals surface area contributed by atoms with Gasteiger partial charge in [-0.05, 0) is 30.5 Å². The molecule has 1 aliphatic rings. The fraction of sp³-hybridized carbons (Fsp3) is 0.333. The van der Waals surface area contributed by atoms with E-state index < -0.39 is 11.5 Å². The van der Waals surface area contributed by atoms with Crippen LogP contribution in [0, 0.1) is 12.3 Å². The standard InChI is InChI=1S/C18H21NO2/c1-13-6-8-14(9-7-13)17(20)18(11-19)10-15-4-2-3-5-16(15)21-12-18/h2-9,17,20H,10-12,19H2,1H3. The molecular weight excluding hydrogens is 262 g/mol. The lowest BCUT2D eigenvalue weighted by molar-refractivity contribution is -0.0161. The summed E-state index contributed by atoms with van der Waals surface area (Å²) in [6.45, 7) is 2.86. The zero-order valence-corrected chi connectivity index (χ0v) is 12.3. The molecule has 2 unspecified atom stereocenters. The molecule has 0 bridgehead atoms. The van der Waals surface area contributed by atoms with Gasteiger partial charge in [0.05, 0.1) is 18.1 Å². The summed E-state index contributed by atoms with van der Waals surface area (Å²) in [6, 6.07) is 15.9. The Balaban J connectivity index is 1.93. The summed E-state index contributed by atoms with van der Waals surface area (Å²) in [5.41, 5.74) is 8.74. The van der Waals surface area contributed by atoms with Crippen LogP contribution in [0.3, 0.4) is 0 Å². The van der Waals surface area contributed by atoms with E-state index in [2.05, 4.69) is 0 Å². The van der Waals surface area contributed by atoms with Crippen molar-refractivity contribution >= 4 is 0 Å². The Bertz CT molecular complexity index is 623. The summed E-state index contributed by atoms with van der Waals surface area (Å²) in [6.07, 6.45) is 0.103. The van der Waals surface area contributed by atoms with Crippen molar-refractivity contribution in [2.75, 3.05) is 13.2 Å². The molecule has 2 aromatic carbocycles. The lowest BCUT2D eigenvalue weighted by Crippen LogP contribution is -2.46. The highest BCUT2D eigenvalue weighted by Gasteiger charge is 2.41. The lowest BCUT2D eigenvalue weighted by atomic mass is 9.73. The Morgan fingerprint density at radius 2 is 1.90 bits per heavy atom. The first kappa shape index (κ1) is 14.1. The molecule has 1 aliphatic heterocycles. The van der Waals surface area contributed by atoms with E-state index in [-0.39, 0.29) is 0 Å². The minimum Gasteiger partial charge on any atom is -0.493 e. The molecule has 2 atom stereocenters. The fourth-order valence-electron chi connectivity index (χ4n) is 2.96. The van der Waals surface area contributed by atoms with Crippen molar-refractivity contribution in [1.82, 2.24) is 0 Å². The SMILES string of the molecule is Cc1ccc(C(O)C2(CN)COc3ccccc3C2)cc1. The normalized spacial score (nSPS) is 22.2. The molecule has 0 aromatic heterocycles. The van der Waals surface area contributed by atoms with Gasteiger partial charge >= 0.3 is 0 Å². The van der Waals surface area contributed by atoms with Gasteiger partial charge in [-0.1, -0.05) is 48.0 Å². The van der Waals surface area contributed by atoms with Crippen molar-refractivity contribution in [2.45, 2.75) is 19.4 Å². The predicted molar refractivity (Wildman–Crippen MR) is 83.3 cm³/mol. The molecule has 0 radical (unpaired) electrons. The molecule has 0 saturated carbocycles. The quantitative estimate of drug-likeness (QED) is 0.910. The van der Waals surface area contributed by atoms with E-state index in [1.165, 1.54) is 5.56 Å². The van der Waals surface area contributed by atoms with Crippen molar-refractivity contribution in [3.8, 4) is 5.75 Å². The first-order valence-electron chi connectivity index (χ1n) is 7.30. The third kappa shape index (κ3) is 2.55.